The molecule has 0 bridgehead atoms. The number of rotatable bonds is 6. The smallest absolute Gasteiger partial charge is 0.251 e. The highest BCUT2D eigenvalue weighted by molar-refractivity contribution is 7.92. The van der Waals surface area contributed by atoms with Gasteiger partial charge in [-0.25, -0.2) is 17.2 Å². The Bertz CT molecular complexity index is 834. The zero-order valence-corrected chi connectivity index (χ0v) is 13.7. The van der Waals surface area contributed by atoms with Crippen molar-refractivity contribution in [2.75, 3.05) is 17.5 Å². The van der Waals surface area contributed by atoms with Gasteiger partial charge in [-0.1, -0.05) is 6.07 Å². The number of hydrogen-bond acceptors (Lipinski definition) is 3. The number of nitrogens with one attached hydrogen (secondary N) is 2. The molecule has 0 atom stereocenters. The van der Waals surface area contributed by atoms with Crippen LogP contribution in [0.3, 0.4) is 0 Å². The minimum Gasteiger partial charge on any atom is -0.352 e. The van der Waals surface area contributed by atoms with Crippen LogP contribution in [0.2, 0.25) is 0 Å². The summed E-state index contributed by atoms with van der Waals surface area (Å²) in [6.45, 7) is 0.186. The van der Waals surface area contributed by atoms with Crippen molar-refractivity contribution in [2.45, 2.75) is 6.42 Å². The lowest BCUT2D eigenvalue weighted by molar-refractivity contribution is 0.0954. The van der Waals surface area contributed by atoms with E-state index in [2.05, 4.69) is 10.0 Å². The monoisotopic (exact) mass is 354 g/mol. The summed E-state index contributed by atoms with van der Waals surface area (Å²) in [5, 5.41) is 2.62. The van der Waals surface area contributed by atoms with Crippen LogP contribution in [0.5, 0.6) is 0 Å². The Morgan fingerprint density at radius 1 is 1.08 bits per heavy atom. The Kier molecular flexibility index (Phi) is 5.50. The number of hydrogen-bond donors (Lipinski definition) is 2. The Hall–Kier alpha value is -2.48. The highest BCUT2D eigenvalue weighted by Gasteiger charge is 2.08. The molecule has 0 aliphatic carbocycles. The molecule has 0 fully saturated rings. The Balaban J connectivity index is 1.96. The van der Waals surface area contributed by atoms with Gasteiger partial charge in [-0.2, -0.15) is 0 Å². The molecule has 0 heterocycles. The van der Waals surface area contributed by atoms with E-state index in [1.807, 2.05) is 0 Å². The summed E-state index contributed by atoms with van der Waals surface area (Å²) in [5.41, 5.74) is 0.978. The molecular weight excluding hydrogens is 338 g/mol. The van der Waals surface area contributed by atoms with Crippen molar-refractivity contribution in [1.82, 2.24) is 5.32 Å². The van der Waals surface area contributed by atoms with E-state index in [-0.39, 0.29) is 24.2 Å². The van der Waals surface area contributed by atoms with Crippen LogP contribution in [-0.2, 0) is 16.4 Å². The molecule has 5 nitrogen and oxygen atoms in total. The van der Waals surface area contributed by atoms with Gasteiger partial charge in [0, 0.05) is 23.9 Å². The van der Waals surface area contributed by atoms with Gasteiger partial charge >= 0.3 is 0 Å². The van der Waals surface area contributed by atoms with Crippen LogP contribution in [0.1, 0.15) is 15.9 Å². The van der Waals surface area contributed by atoms with Gasteiger partial charge in [0.15, 0.2) is 0 Å². The van der Waals surface area contributed by atoms with Crippen LogP contribution < -0.4 is 10.0 Å². The van der Waals surface area contributed by atoms with Crippen LogP contribution >= 0.6 is 0 Å². The third kappa shape index (κ3) is 5.62. The summed E-state index contributed by atoms with van der Waals surface area (Å²) in [6, 6.07) is 9.18. The van der Waals surface area contributed by atoms with E-state index in [1.54, 1.807) is 6.07 Å². The highest BCUT2D eigenvalue weighted by atomic mass is 32.2. The van der Waals surface area contributed by atoms with E-state index >= 15 is 0 Å². The normalized spacial score (nSPS) is 11.1. The summed E-state index contributed by atoms with van der Waals surface area (Å²) in [7, 11) is -3.43. The first kappa shape index (κ1) is 17.9. The lowest BCUT2D eigenvalue weighted by Gasteiger charge is -2.08. The Morgan fingerprint density at radius 3 is 2.38 bits per heavy atom. The lowest BCUT2D eigenvalue weighted by atomic mass is 10.1. The molecule has 0 aliphatic rings. The number of carbonyl (C=O) groups is 1. The minimum atomic E-state index is -3.43. The van der Waals surface area contributed by atoms with Gasteiger partial charge in [0.2, 0.25) is 10.0 Å². The SMILES string of the molecule is CS(=O)(=O)Nc1cccc(C(=O)NCCc2cc(F)cc(F)c2)c1. The van der Waals surface area contributed by atoms with E-state index in [9.17, 15) is 22.0 Å². The van der Waals surface area contributed by atoms with Gasteiger partial charge in [-0.3, -0.25) is 9.52 Å². The van der Waals surface area contributed by atoms with Gasteiger partial charge < -0.3 is 5.32 Å². The van der Waals surface area contributed by atoms with E-state index in [0.29, 0.717) is 5.56 Å². The second-order valence-electron chi connectivity index (χ2n) is 5.24. The van der Waals surface area contributed by atoms with Gasteiger partial charge in [-0.05, 0) is 42.3 Å². The number of anilines is 1. The lowest BCUT2D eigenvalue weighted by Crippen LogP contribution is -2.25. The molecule has 2 aromatic carbocycles. The fourth-order valence-electron chi connectivity index (χ4n) is 2.12. The molecule has 0 spiro atoms. The predicted molar refractivity (Wildman–Crippen MR) is 87.3 cm³/mol. The first-order valence-electron chi connectivity index (χ1n) is 7.04. The van der Waals surface area contributed by atoms with E-state index in [4.69, 9.17) is 0 Å². The van der Waals surface area contributed by atoms with Crippen LogP contribution in [0.4, 0.5) is 14.5 Å². The number of benzene rings is 2. The molecule has 0 aromatic heterocycles. The molecule has 8 heteroatoms. The van der Waals surface area contributed by atoms with Gasteiger partial charge in [0.25, 0.3) is 5.91 Å². The first-order chi connectivity index (χ1) is 11.2. The van der Waals surface area contributed by atoms with Gasteiger partial charge in [0.1, 0.15) is 11.6 Å². The molecule has 2 rings (SSSR count). The molecule has 2 N–H and O–H groups in total. The zero-order chi connectivity index (χ0) is 17.7. The fourth-order valence-corrected chi connectivity index (χ4v) is 2.67. The number of sulfonamides is 1. The first-order valence-corrected chi connectivity index (χ1v) is 8.93. The maximum Gasteiger partial charge on any atom is 0.251 e. The molecule has 0 saturated heterocycles. The third-order valence-electron chi connectivity index (χ3n) is 3.05. The van der Waals surface area contributed by atoms with Gasteiger partial charge in [-0.15, -0.1) is 0 Å². The second-order valence-corrected chi connectivity index (χ2v) is 6.99. The summed E-state index contributed by atoms with van der Waals surface area (Å²) >= 11 is 0. The summed E-state index contributed by atoms with van der Waals surface area (Å²) in [5.74, 6) is -1.75. The zero-order valence-electron chi connectivity index (χ0n) is 12.8. The van der Waals surface area contributed by atoms with Crippen LogP contribution in [-0.4, -0.2) is 27.1 Å². The fraction of sp³-hybridized carbons (Fsp3) is 0.188. The Labute approximate surface area is 138 Å². The number of carbonyl (C=O) groups excluding carboxylic acids is 1. The Morgan fingerprint density at radius 2 is 1.75 bits per heavy atom. The minimum absolute atomic E-state index is 0.186. The van der Waals surface area contributed by atoms with E-state index in [1.165, 1.54) is 30.3 Å². The second kappa shape index (κ2) is 7.39. The standard InChI is InChI=1S/C16H16F2N2O3S/c1-24(22,23)20-15-4-2-3-12(9-15)16(21)19-6-5-11-7-13(17)10-14(18)8-11/h2-4,7-10,20H,5-6H2,1H3,(H,19,21). The quantitative estimate of drug-likeness (QED) is 0.836. The average Bonchev–Trinajstić information content (AvgIpc) is 2.44. The molecule has 0 saturated carbocycles. The maximum atomic E-state index is 13.1. The van der Waals surface area contributed by atoms with Crippen molar-refractivity contribution in [3.05, 3.63) is 65.2 Å². The third-order valence-corrected chi connectivity index (χ3v) is 3.66. The number of halogens is 2. The summed E-state index contributed by atoms with van der Waals surface area (Å²) < 4.78 is 50.8. The van der Waals surface area contributed by atoms with Crippen molar-refractivity contribution in [2.24, 2.45) is 0 Å². The summed E-state index contributed by atoms with van der Waals surface area (Å²) in [4.78, 5) is 12.1. The topological polar surface area (TPSA) is 75.3 Å². The molecule has 1 amide bonds. The molecular formula is C16H16F2N2O3S. The van der Waals surface area contributed by atoms with Crippen molar-refractivity contribution in [3.8, 4) is 0 Å². The maximum absolute atomic E-state index is 13.1. The van der Waals surface area contributed by atoms with Gasteiger partial charge in [0.05, 0.1) is 6.26 Å². The summed E-state index contributed by atoms with van der Waals surface area (Å²) in [6.07, 6.45) is 1.28. The predicted octanol–water partition coefficient (Wildman–Crippen LogP) is 2.31. The molecule has 0 radical (unpaired) electrons. The molecule has 0 unspecified atom stereocenters. The van der Waals surface area contributed by atoms with Crippen molar-refractivity contribution in [1.29, 1.82) is 0 Å². The van der Waals surface area contributed by atoms with Crippen molar-refractivity contribution in [3.63, 3.8) is 0 Å². The molecule has 2 aromatic rings. The number of amides is 1. The van der Waals surface area contributed by atoms with E-state index < -0.39 is 27.6 Å². The van der Waals surface area contributed by atoms with E-state index in [0.717, 1.165) is 12.3 Å². The van der Waals surface area contributed by atoms with Crippen molar-refractivity contribution >= 4 is 21.6 Å². The highest BCUT2D eigenvalue weighted by Crippen LogP contribution is 2.12. The molecule has 0 aliphatic heterocycles. The van der Waals surface area contributed by atoms with Crippen LogP contribution in [0.15, 0.2) is 42.5 Å². The molecule has 128 valence electrons. The largest absolute Gasteiger partial charge is 0.352 e. The molecule has 24 heavy (non-hydrogen) atoms. The van der Waals surface area contributed by atoms with Crippen LogP contribution in [0.25, 0.3) is 0 Å². The van der Waals surface area contributed by atoms with Crippen molar-refractivity contribution < 1.29 is 22.0 Å². The average molecular weight is 354 g/mol. The van der Waals surface area contributed by atoms with Crippen LogP contribution in [0, 0.1) is 11.6 Å².